The third kappa shape index (κ3) is 4.20. The number of hydrogen-bond donors (Lipinski definition) is 0. The van der Waals surface area contributed by atoms with Gasteiger partial charge in [0.25, 0.3) is 0 Å². The first-order valence-corrected chi connectivity index (χ1v) is 9.86. The van der Waals surface area contributed by atoms with Crippen LogP contribution in [0.3, 0.4) is 0 Å². The smallest absolute Gasteiger partial charge is 0.236 e. The SMILES string of the molecule is O=C(CN1CCOCC1)N1CCCC(c2nccnc2-c2ccccc2F)C1. The summed E-state index contributed by atoms with van der Waals surface area (Å²) in [6, 6.07) is 6.64. The number of piperidine rings is 1. The highest BCUT2D eigenvalue weighted by Crippen LogP contribution is 2.32. The zero-order chi connectivity index (χ0) is 19.3. The maximum Gasteiger partial charge on any atom is 0.236 e. The monoisotopic (exact) mass is 384 g/mol. The number of likely N-dealkylation sites (tertiary alicyclic amines) is 1. The lowest BCUT2D eigenvalue weighted by molar-refractivity contribution is -0.134. The van der Waals surface area contributed by atoms with Gasteiger partial charge in [-0.1, -0.05) is 12.1 Å². The molecule has 6 nitrogen and oxygen atoms in total. The number of hydrogen-bond acceptors (Lipinski definition) is 5. The maximum absolute atomic E-state index is 14.3. The molecule has 148 valence electrons. The third-order valence-corrected chi connectivity index (χ3v) is 5.48. The molecule has 7 heteroatoms. The minimum absolute atomic E-state index is 0.0608. The molecule has 0 aliphatic carbocycles. The molecule has 2 aliphatic heterocycles. The zero-order valence-corrected chi connectivity index (χ0v) is 15.9. The highest BCUT2D eigenvalue weighted by molar-refractivity contribution is 5.78. The van der Waals surface area contributed by atoms with E-state index < -0.39 is 0 Å². The second-order valence-electron chi connectivity index (χ2n) is 7.34. The summed E-state index contributed by atoms with van der Waals surface area (Å²) in [7, 11) is 0. The molecule has 1 unspecified atom stereocenters. The van der Waals surface area contributed by atoms with Crippen LogP contribution < -0.4 is 0 Å². The fourth-order valence-electron chi connectivity index (χ4n) is 3.99. The summed E-state index contributed by atoms with van der Waals surface area (Å²) in [4.78, 5) is 25.8. The van der Waals surface area contributed by atoms with Crippen molar-refractivity contribution in [1.29, 1.82) is 0 Å². The van der Waals surface area contributed by atoms with E-state index in [9.17, 15) is 9.18 Å². The Labute approximate surface area is 164 Å². The molecule has 0 bridgehead atoms. The molecule has 1 aromatic heterocycles. The standard InChI is InChI=1S/C21H25FN4O2/c22-18-6-2-1-5-17(18)21-20(23-7-8-24-21)16-4-3-9-26(14-16)19(27)15-25-10-12-28-13-11-25/h1-2,5-8,16H,3-4,9-15H2. The van der Waals surface area contributed by atoms with E-state index in [0.29, 0.717) is 37.6 Å². The van der Waals surface area contributed by atoms with E-state index in [1.165, 1.54) is 6.07 Å². The van der Waals surface area contributed by atoms with Crippen LogP contribution in [-0.4, -0.2) is 71.6 Å². The molecular formula is C21H25FN4O2. The molecule has 2 fully saturated rings. The van der Waals surface area contributed by atoms with Crippen molar-refractivity contribution in [1.82, 2.24) is 19.8 Å². The van der Waals surface area contributed by atoms with Crippen molar-refractivity contribution in [2.75, 3.05) is 45.9 Å². The molecular weight excluding hydrogens is 359 g/mol. The van der Waals surface area contributed by atoms with Gasteiger partial charge < -0.3 is 9.64 Å². The van der Waals surface area contributed by atoms with E-state index in [-0.39, 0.29) is 17.6 Å². The van der Waals surface area contributed by atoms with Crippen molar-refractivity contribution in [3.05, 3.63) is 48.2 Å². The molecule has 28 heavy (non-hydrogen) atoms. The highest BCUT2D eigenvalue weighted by Gasteiger charge is 2.29. The van der Waals surface area contributed by atoms with Gasteiger partial charge in [-0.3, -0.25) is 19.7 Å². The van der Waals surface area contributed by atoms with Gasteiger partial charge in [0.15, 0.2) is 0 Å². The molecule has 0 saturated carbocycles. The van der Waals surface area contributed by atoms with Crippen LogP contribution in [0.15, 0.2) is 36.7 Å². The van der Waals surface area contributed by atoms with Gasteiger partial charge in [-0.2, -0.15) is 0 Å². The second kappa shape index (κ2) is 8.75. The fourth-order valence-corrected chi connectivity index (χ4v) is 3.99. The van der Waals surface area contributed by atoms with Crippen molar-refractivity contribution >= 4 is 5.91 Å². The summed E-state index contributed by atoms with van der Waals surface area (Å²) < 4.78 is 19.7. The van der Waals surface area contributed by atoms with E-state index in [0.717, 1.165) is 38.2 Å². The van der Waals surface area contributed by atoms with Crippen LogP contribution in [0.2, 0.25) is 0 Å². The van der Waals surface area contributed by atoms with E-state index in [1.54, 1.807) is 30.6 Å². The molecule has 2 aliphatic rings. The summed E-state index contributed by atoms with van der Waals surface area (Å²) in [5.74, 6) is -0.103. The Bertz CT molecular complexity index is 826. The van der Waals surface area contributed by atoms with Gasteiger partial charge in [0.2, 0.25) is 5.91 Å². The summed E-state index contributed by atoms with van der Waals surface area (Å²) >= 11 is 0. The Morgan fingerprint density at radius 3 is 2.75 bits per heavy atom. The molecule has 4 rings (SSSR count). The Morgan fingerprint density at radius 2 is 1.93 bits per heavy atom. The van der Waals surface area contributed by atoms with Crippen LogP contribution in [-0.2, 0) is 9.53 Å². The van der Waals surface area contributed by atoms with Gasteiger partial charge in [0.1, 0.15) is 5.82 Å². The first-order chi connectivity index (χ1) is 13.7. The Morgan fingerprint density at radius 1 is 1.14 bits per heavy atom. The number of halogens is 1. The maximum atomic E-state index is 14.3. The van der Waals surface area contributed by atoms with Crippen molar-refractivity contribution < 1.29 is 13.9 Å². The summed E-state index contributed by atoms with van der Waals surface area (Å²) in [5.41, 5.74) is 1.81. The number of carbonyl (C=O) groups is 1. The van der Waals surface area contributed by atoms with Crippen LogP contribution in [0, 0.1) is 5.82 Å². The van der Waals surface area contributed by atoms with Gasteiger partial charge in [0, 0.05) is 50.1 Å². The summed E-state index contributed by atoms with van der Waals surface area (Å²) in [5, 5.41) is 0. The normalized spacial score (nSPS) is 20.9. The average Bonchev–Trinajstić information content (AvgIpc) is 2.75. The fraction of sp³-hybridized carbons (Fsp3) is 0.476. The third-order valence-electron chi connectivity index (χ3n) is 5.48. The van der Waals surface area contributed by atoms with Gasteiger partial charge in [-0.15, -0.1) is 0 Å². The van der Waals surface area contributed by atoms with Crippen molar-refractivity contribution in [2.24, 2.45) is 0 Å². The lowest BCUT2D eigenvalue weighted by Crippen LogP contribution is -2.47. The quantitative estimate of drug-likeness (QED) is 0.810. The topological polar surface area (TPSA) is 58.6 Å². The molecule has 0 N–H and O–H groups in total. The van der Waals surface area contributed by atoms with Gasteiger partial charge >= 0.3 is 0 Å². The average molecular weight is 384 g/mol. The van der Waals surface area contributed by atoms with E-state index in [2.05, 4.69) is 14.9 Å². The summed E-state index contributed by atoms with van der Waals surface area (Å²) in [6.45, 7) is 4.74. The van der Waals surface area contributed by atoms with Crippen LogP contribution in [0.5, 0.6) is 0 Å². The largest absolute Gasteiger partial charge is 0.379 e. The van der Waals surface area contributed by atoms with Crippen molar-refractivity contribution in [2.45, 2.75) is 18.8 Å². The van der Waals surface area contributed by atoms with Crippen LogP contribution in [0.25, 0.3) is 11.3 Å². The van der Waals surface area contributed by atoms with Gasteiger partial charge in [-0.25, -0.2) is 4.39 Å². The van der Waals surface area contributed by atoms with Gasteiger partial charge in [-0.05, 0) is 25.0 Å². The number of nitrogens with zero attached hydrogens (tertiary/aromatic N) is 4. The lowest BCUT2D eigenvalue weighted by Gasteiger charge is -2.35. The zero-order valence-electron chi connectivity index (χ0n) is 15.9. The minimum atomic E-state index is -0.305. The van der Waals surface area contributed by atoms with Crippen molar-refractivity contribution in [3.8, 4) is 11.3 Å². The van der Waals surface area contributed by atoms with E-state index >= 15 is 0 Å². The number of benzene rings is 1. The predicted octanol–water partition coefficient (Wildman–Crippen LogP) is 2.32. The van der Waals surface area contributed by atoms with E-state index in [1.807, 2.05) is 4.90 Å². The molecule has 0 radical (unpaired) electrons. The lowest BCUT2D eigenvalue weighted by atomic mass is 9.91. The molecule has 2 saturated heterocycles. The van der Waals surface area contributed by atoms with Crippen molar-refractivity contribution in [3.63, 3.8) is 0 Å². The molecule has 1 atom stereocenters. The molecule has 0 spiro atoms. The first-order valence-electron chi connectivity index (χ1n) is 9.86. The molecule has 2 aromatic rings. The summed E-state index contributed by atoms with van der Waals surface area (Å²) in [6.07, 6.45) is 5.07. The van der Waals surface area contributed by atoms with E-state index in [4.69, 9.17) is 4.74 Å². The number of carbonyl (C=O) groups excluding carboxylic acids is 1. The number of morpholine rings is 1. The van der Waals surface area contributed by atoms with Gasteiger partial charge in [0.05, 0.1) is 31.1 Å². The Kier molecular flexibility index (Phi) is 5.92. The molecule has 3 heterocycles. The Balaban J connectivity index is 1.51. The molecule has 1 amide bonds. The predicted molar refractivity (Wildman–Crippen MR) is 103 cm³/mol. The Hall–Kier alpha value is -2.38. The minimum Gasteiger partial charge on any atom is -0.379 e. The second-order valence-corrected chi connectivity index (χ2v) is 7.34. The highest BCUT2D eigenvalue weighted by atomic mass is 19.1. The van der Waals surface area contributed by atoms with Crippen LogP contribution in [0.4, 0.5) is 4.39 Å². The number of aromatic nitrogens is 2. The van der Waals surface area contributed by atoms with Crippen LogP contribution in [0.1, 0.15) is 24.5 Å². The molecule has 1 aromatic carbocycles. The number of rotatable bonds is 4. The number of amides is 1. The van der Waals surface area contributed by atoms with Crippen LogP contribution >= 0.6 is 0 Å². The first kappa shape index (κ1) is 19.0. The number of ether oxygens (including phenoxy) is 1.